The van der Waals surface area contributed by atoms with Crippen LogP contribution in [0.3, 0.4) is 0 Å². The highest BCUT2D eigenvalue weighted by molar-refractivity contribution is 6.28. The number of ether oxygens (including phenoxy) is 1. The quantitative estimate of drug-likeness (QED) is 0.422. The van der Waals surface area contributed by atoms with Gasteiger partial charge in [0.1, 0.15) is 11.5 Å². The molecule has 0 unspecified atom stereocenters. The van der Waals surface area contributed by atoms with Gasteiger partial charge >= 0.3 is 6.18 Å². The highest BCUT2D eigenvalue weighted by atomic mass is 35.5. The van der Waals surface area contributed by atoms with Gasteiger partial charge in [-0.15, -0.1) is 0 Å². The van der Waals surface area contributed by atoms with Crippen molar-refractivity contribution in [1.29, 1.82) is 5.41 Å². The molecular formula is C18H12ClF3N4O2. The van der Waals surface area contributed by atoms with Crippen molar-refractivity contribution in [2.24, 2.45) is 0 Å². The summed E-state index contributed by atoms with van der Waals surface area (Å²) >= 11 is 5.59. The van der Waals surface area contributed by atoms with Crippen molar-refractivity contribution in [2.75, 3.05) is 0 Å². The lowest BCUT2D eigenvalue weighted by Gasteiger charge is -2.14. The smallest absolute Gasteiger partial charge is 0.416 e. The van der Waals surface area contributed by atoms with E-state index in [1.54, 1.807) is 12.1 Å². The predicted molar refractivity (Wildman–Crippen MR) is 97.3 cm³/mol. The van der Waals surface area contributed by atoms with Gasteiger partial charge in [-0.3, -0.25) is 5.41 Å². The molecular weight excluding hydrogens is 397 g/mol. The standard InChI is InChI=1S/C18H12ClF3N4O2/c19-17-24-16(25-26-17)7-6-15(23)28-14-9-11(18(20,21)22)4-5-13(14)10-2-1-3-12(27)8-10/h1-9,23,27H,(H,24,25,26)/b7-6-,23-15?. The first-order valence-electron chi connectivity index (χ1n) is 7.75. The van der Waals surface area contributed by atoms with E-state index in [9.17, 15) is 18.3 Å². The molecule has 0 aliphatic rings. The van der Waals surface area contributed by atoms with Crippen LogP contribution in [0.4, 0.5) is 13.2 Å². The fourth-order valence-electron chi connectivity index (χ4n) is 2.33. The maximum Gasteiger partial charge on any atom is 0.416 e. The van der Waals surface area contributed by atoms with Gasteiger partial charge in [-0.1, -0.05) is 18.2 Å². The molecule has 3 N–H and O–H groups in total. The first-order valence-corrected chi connectivity index (χ1v) is 8.13. The summed E-state index contributed by atoms with van der Waals surface area (Å²) in [6.45, 7) is 0. The molecule has 0 atom stereocenters. The Balaban J connectivity index is 1.94. The summed E-state index contributed by atoms with van der Waals surface area (Å²) < 4.78 is 44.6. The topological polar surface area (TPSA) is 94.9 Å². The monoisotopic (exact) mass is 408 g/mol. The van der Waals surface area contributed by atoms with Gasteiger partial charge < -0.3 is 9.84 Å². The van der Waals surface area contributed by atoms with Crippen LogP contribution in [0.2, 0.25) is 5.28 Å². The van der Waals surface area contributed by atoms with E-state index in [0.29, 0.717) is 5.56 Å². The highest BCUT2D eigenvalue weighted by Gasteiger charge is 2.31. The Morgan fingerprint density at radius 3 is 2.64 bits per heavy atom. The normalized spacial score (nSPS) is 11.7. The molecule has 0 bridgehead atoms. The zero-order valence-corrected chi connectivity index (χ0v) is 14.7. The number of aromatic amines is 1. The molecule has 0 spiro atoms. The third kappa shape index (κ3) is 4.68. The van der Waals surface area contributed by atoms with Crippen LogP contribution < -0.4 is 4.74 Å². The molecule has 6 nitrogen and oxygen atoms in total. The minimum atomic E-state index is -4.58. The number of aromatic hydroxyl groups is 1. The summed E-state index contributed by atoms with van der Waals surface area (Å²) in [4.78, 5) is 3.79. The van der Waals surface area contributed by atoms with Crippen LogP contribution >= 0.6 is 11.6 Å². The summed E-state index contributed by atoms with van der Waals surface area (Å²) in [6.07, 6.45) is -2.10. The van der Waals surface area contributed by atoms with E-state index in [-0.39, 0.29) is 28.2 Å². The van der Waals surface area contributed by atoms with E-state index >= 15 is 0 Å². The lowest BCUT2D eigenvalue weighted by Crippen LogP contribution is -2.08. The number of alkyl halides is 3. The number of phenolic OH excluding ortho intramolecular Hbond substituents is 1. The van der Waals surface area contributed by atoms with Crippen molar-refractivity contribution in [2.45, 2.75) is 6.18 Å². The Morgan fingerprint density at radius 2 is 2.00 bits per heavy atom. The molecule has 0 radical (unpaired) electrons. The molecule has 1 aromatic heterocycles. The van der Waals surface area contributed by atoms with Gasteiger partial charge in [-0.25, -0.2) is 5.10 Å². The molecule has 0 amide bonds. The number of phenols is 1. The summed E-state index contributed by atoms with van der Waals surface area (Å²) in [6, 6.07) is 8.88. The summed E-state index contributed by atoms with van der Waals surface area (Å²) in [5, 5.41) is 23.7. The average Bonchev–Trinajstić information content (AvgIpc) is 3.04. The molecule has 28 heavy (non-hydrogen) atoms. The number of nitrogens with one attached hydrogen (secondary N) is 2. The molecule has 0 aliphatic carbocycles. The Hall–Kier alpha value is -3.33. The predicted octanol–water partition coefficient (Wildman–Crippen LogP) is 4.92. The lowest BCUT2D eigenvalue weighted by atomic mass is 10.0. The number of aromatic nitrogens is 3. The van der Waals surface area contributed by atoms with E-state index in [1.807, 2.05) is 0 Å². The van der Waals surface area contributed by atoms with Crippen LogP contribution in [0, 0.1) is 5.41 Å². The third-order valence-electron chi connectivity index (χ3n) is 3.55. The summed E-state index contributed by atoms with van der Waals surface area (Å²) in [7, 11) is 0. The van der Waals surface area contributed by atoms with Crippen LogP contribution in [0.5, 0.6) is 11.5 Å². The van der Waals surface area contributed by atoms with Crippen molar-refractivity contribution < 1.29 is 23.0 Å². The molecule has 0 saturated carbocycles. The molecule has 1 heterocycles. The average molecular weight is 409 g/mol. The van der Waals surface area contributed by atoms with Gasteiger partial charge in [-0.2, -0.15) is 23.3 Å². The van der Waals surface area contributed by atoms with Crippen molar-refractivity contribution in [3.63, 3.8) is 0 Å². The van der Waals surface area contributed by atoms with E-state index < -0.39 is 17.6 Å². The first kappa shape index (κ1) is 19.4. The molecule has 0 saturated heterocycles. The van der Waals surface area contributed by atoms with Crippen LogP contribution in [-0.2, 0) is 6.18 Å². The van der Waals surface area contributed by atoms with Crippen molar-refractivity contribution >= 4 is 23.6 Å². The van der Waals surface area contributed by atoms with Crippen LogP contribution in [0.15, 0.2) is 48.5 Å². The Kier molecular flexibility index (Phi) is 5.36. The van der Waals surface area contributed by atoms with Crippen molar-refractivity contribution in [3.8, 4) is 22.6 Å². The van der Waals surface area contributed by atoms with Crippen molar-refractivity contribution in [3.05, 3.63) is 65.2 Å². The number of H-pyrrole nitrogens is 1. The molecule has 3 rings (SSSR count). The first-order chi connectivity index (χ1) is 13.2. The number of hydrogen-bond donors (Lipinski definition) is 3. The molecule has 144 valence electrons. The Morgan fingerprint density at radius 1 is 1.21 bits per heavy atom. The molecule has 0 aliphatic heterocycles. The third-order valence-corrected chi connectivity index (χ3v) is 3.71. The Labute approximate surface area is 161 Å². The van der Waals surface area contributed by atoms with Crippen LogP contribution in [0.25, 0.3) is 17.2 Å². The van der Waals surface area contributed by atoms with Gasteiger partial charge in [-0.05, 0) is 47.5 Å². The number of benzene rings is 2. The second-order valence-electron chi connectivity index (χ2n) is 5.54. The van der Waals surface area contributed by atoms with E-state index in [0.717, 1.165) is 12.1 Å². The minimum Gasteiger partial charge on any atom is -0.508 e. The summed E-state index contributed by atoms with van der Waals surface area (Å²) in [5.74, 6) is -0.514. The van der Waals surface area contributed by atoms with Crippen LogP contribution in [-0.4, -0.2) is 26.2 Å². The molecule has 2 aromatic carbocycles. The fraction of sp³-hybridized carbons (Fsp3) is 0.0556. The fourth-order valence-corrected chi connectivity index (χ4v) is 2.46. The van der Waals surface area contributed by atoms with Gasteiger partial charge in [0.2, 0.25) is 11.2 Å². The minimum absolute atomic E-state index is 0.0520. The van der Waals surface area contributed by atoms with E-state index in [2.05, 4.69) is 15.2 Å². The molecule has 0 fully saturated rings. The second kappa shape index (κ2) is 7.73. The van der Waals surface area contributed by atoms with E-state index in [4.69, 9.17) is 21.7 Å². The number of nitrogens with zero attached hydrogens (tertiary/aromatic N) is 2. The Bertz CT molecular complexity index is 1050. The summed E-state index contributed by atoms with van der Waals surface area (Å²) in [5.41, 5.74) is -0.215. The van der Waals surface area contributed by atoms with Gasteiger partial charge in [0.15, 0.2) is 5.82 Å². The second-order valence-corrected chi connectivity index (χ2v) is 5.90. The molecule has 3 aromatic rings. The zero-order chi connectivity index (χ0) is 20.3. The maximum atomic E-state index is 13.1. The van der Waals surface area contributed by atoms with Crippen molar-refractivity contribution in [1.82, 2.24) is 15.2 Å². The highest BCUT2D eigenvalue weighted by Crippen LogP contribution is 2.38. The zero-order valence-electron chi connectivity index (χ0n) is 14.0. The maximum absolute atomic E-state index is 13.1. The molecule has 10 heteroatoms. The number of halogens is 4. The number of rotatable bonds is 4. The van der Waals surface area contributed by atoms with E-state index in [1.165, 1.54) is 30.4 Å². The van der Waals surface area contributed by atoms with Gasteiger partial charge in [0.25, 0.3) is 0 Å². The number of hydrogen-bond acceptors (Lipinski definition) is 5. The van der Waals surface area contributed by atoms with Gasteiger partial charge in [0.05, 0.1) is 5.56 Å². The van der Waals surface area contributed by atoms with Crippen LogP contribution in [0.1, 0.15) is 11.4 Å². The SMILES string of the molecule is N=C(/C=C\c1n[nH]c(Cl)n1)Oc1cc(C(F)(F)F)ccc1-c1cccc(O)c1. The lowest BCUT2D eigenvalue weighted by molar-refractivity contribution is -0.137. The van der Waals surface area contributed by atoms with Gasteiger partial charge in [0, 0.05) is 11.6 Å². The largest absolute Gasteiger partial charge is 0.508 e.